The molecule has 0 aromatic heterocycles. The molecule has 0 aromatic carbocycles. The van der Waals surface area contributed by atoms with Crippen LogP contribution in [0.5, 0.6) is 0 Å². The molecule has 3 rings (SSSR count). The Bertz CT molecular complexity index is 173. The molecule has 1 amide bonds. The molecule has 2 bridgehead atoms. The standard InChI is InChI=1S/C8H14N2O/c9-8(11)7-5-1-3-6(10-7)4-2-5/h5-7,10H,1-4H2,(H2,9,11). The largest absolute Gasteiger partial charge is 0.368 e. The Morgan fingerprint density at radius 2 is 1.91 bits per heavy atom. The molecule has 3 fully saturated rings. The summed E-state index contributed by atoms with van der Waals surface area (Å²) < 4.78 is 0. The predicted molar refractivity (Wildman–Crippen MR) is 41.9 cm³/mol. The first-order valence-electron chi connectivity index (χ1n) is 4.33. The Labute approximate surface area is 66.3 Å². The second-order valence-electron chi connectivity index (χ2n) is 3.66. The number of amides is 1. The third-order valence-corrected chi connectivity index (χ3v) is 2.97. The normalized spacial score (nSPS) is 42.4. The molecular formula is C8H14N2O. The van der Waals surface area contributed by atoms with Gasteiger partial charge in [0.25, 0.3) is 0 Å². The Kier molecular flexibility index (Phi) is 1.60. The maximum Gasteiger partial charge on any atom is 0.234 e. The highest BCUT2D eigenvalue weighted by atomic mass is 16.1. The van der Waals surface area contributed by atoms with Gasteiger partial charge in [0.2, 0.25) is 5.91 Å². The van der Waals surface area contributed by atoms with E-state index in [1.807, 2.05) is 0 Å². The van der Waals surface area contributed by atoms with Crippen LogP contribution in [0.15, 0.2) is 0 Å². The van der Waals surface area contributed by atoms with E-state index in [0.29, 0.717) is 12.0 Å². The topological polar surface area (TPSA) is 55.1 Å². The van der Waals surface area contributed by atoms with Gasteiger partial charge in [-0.3, -0.25) is 4.79 Å². The maximum absolute atomic E-state index is 10.9. The first-order valence-corrected chi connectivity index (χ1v) is 4.33. The van der Waals surface area contributed by atoms with Crippen molar-refractivity contribution in [3.8, 4) is 0 Å². The van der Waals surface area contributed by atoms with Gasteiger partial charge in [0, 0.05) is 6.04 Å². The van der Waals surface area contributed by atoms with Gasteiger partial charge in [-0.2, -0.15) is 0 Å². The van der Waals surface area contributed by atoms with Crippen LogP contribution in [0.2, 0.25) is 0 Å². The van der Waals surface area contributed by atoms with E-state index in [1.54, 1.807) is 0 Å². The van der Waals surface area contributed by atoms with E-state index in [2.05, 4.69) is 5.32 Å². The Balaban J connectivity index is 2.08. The van der Waals surface area contributed by atoms with Crippen LogP contribution >= 0.6 is 0 Å². The second-order valence-corrected chi connectivity index (χ2v) is 3.66. The third-order valence-electron chi connectivity index (χ3n) is 2.97. The lowest BCUT2D eigenvalue weighted by Gasteiger charge is -2.41. The number of nitrogens with one attached hydrogen (secondary N) is 1. The molecule has 3 N–H and O–H groups in total. The molecule has 1 unspecified atom stereocenters. The minimum Gasteiger partial charge on any atom is -0.368 e. The molecule has 1 aliphatic carbocycles. The molecule has 0 radical (unpaired) electrons. The Hall–Kier alpha value is -0.570. The molecule has 3 heteroatoms. The van der Waals surface area contributed by atoms with Crippen LogP contribution in [0, 0.1) is 5.92 Å². The smallest absolute Gasteiger partial charge is 0.234 e. The van der Waals surface area contributed by atoms with Gasteiger partial charge in [-0.05, 0) is 31.6 Å². The number of fused-ring (bicyclic) bond motifs is 3. The Morgan fingerprint density at radius 3 is 2.18 bits per heavy atom. The highest BCUT2D eigenvalue weighted by Crippen LogP contribution is 2.32. The number of hydrogen-bond acceptors (Lipinski definition) is 2. The van der Waals surface area contributed by atoms with Crippen LogP contribution in [0.1, 0.15) is 25.7 Å². The zero-order valence-electron chi connectivity index (χ0n) is 6.55. The van der Waals surface area contributed by atoms with Crippen molar-refractivity contribution in [2.45, 2.75) is 37.8 Å². The molecule has 0 aromatic rings. The summed E-state index contributed by atoms with van der Waals surface area (Å²) in [4.78, 5) is 10.9. The van der Waals surface area contributed by atoms with Crippen molar-refractivity contribution in [2.75, 3.05) is 0 Å². The van der Waals surface area contributed by atoms with E-state index < -0.39 is 0 Å². The first kappa shape index (κ1) is 7.10. The molecule has 0 spiro atoms. The number of carbonyl (C=O) groups is 1. The molecule has 3 nitrogen and oxygen atoms in total. The minimum atomic E-state index is -0.167. The van der Waals surface area contributed by atoms with Gasteiger partial charge in [0.1, 0.15) is 0 Å². The SMILES string of the molecule is NC(=O)C1NC2CCC1CC2. The van der Waals surface area contributed by atoms with Crippen molar-refractivity contribution in [1.82, 2.24) is 5.32 Å². The zero-order chi connectivity index (χ0) is 7.84. The molecular weight excluding hydrogens is 140 g/mol. The van der Waals surface area contributed by atoms with Crippen LogP contribution in [0.4, 0.5) is 0 Å². The lowest BCUT2D eigenvalue weighted by molar-refractivity contribution is -0.123. The van der Waals surface area contributed by atoms with Crippen molar-refractivity contribution in [2.24, 2.45) is 11.7 Å². The summed E-state index contributed by atoms with van der Waals surface area (Å²) in [5, 5.41) is 3.28. The molecule has 3 aliphatic rings. The molecule has 62 valence electrons. The molecule has 2 aliphatic heterocycles. The highest BCUT2D eigenvalue weighted by Gasteiger charge is 2.37. The fraction of sp³-hybridized carbons (Fsp3) is 0.875. The summed E-state index contributed by atoms with van der Waals surface area (Å²) in [5.74, 6) is 0.358. The fourth-order valence-corrected chi connectivity index (χ4v) is 2.32. The van der Waals surface area contributed by atoms with E-state index in [0.717, 1.165) is 0 Å². The quantitative estimate of drug-likeness (QED) is 0.558. The monoisotopic (exact) mass is 154 g/mol. The van der Waals surface area contributed by atoms with Crippen molar-refractivity contribution in [1.29, 1.82) is 0 Å². The average Bonchev–Trinajstić information content (AvgIpc) is 2.06. The van der Waals surface area contributed by atoms with Crippen molar-refractivity contribution < 1.29 is 4.79 Å². The van der Waals surface area contributed by atoms with Crippen LogP contribution in [0.3, 0.4) is 0 Å². The fourth-order valence-electron chi connectivity index (χ4n) is 2.32. The average molecular weight is 154 g/mol. The molecule has 2 saturated heterocycles. The summed E-state index contributed by atoms with van der Waals surface area (Å²) in [6.07, 6.45) is 4.83. The molecule has 2 heterocycles. The first-order chi connectivity index (χ1) is 5.27. The minimum absolute atomic E-state index is 0.0255. The number of hydrogen-bond donors (Lipinski definition) is 2. The zero-order valence-corrected chi connectivity index (χ0v) is 6.55. The molecule has 1 saturated carbocycles. The van der Waals surface area contributed by atoms with Crippen molar-refractivity contribution in [3.05, 3.63) is 0 Å². The summed E-state index contributed by atoms with van der Waals surface area (Å²) >= 11 is 0. The van der Waals surface area contributed by atoms with Gasteiger partial charge in [0.15, 0.2) is 0 Å². The van der Waals surface area contributed by atoms with Gasteiger partial charge < -0.3 is 11.1 Å². The number of rotatable bonds is 1. The van der Waals surface area contributed by atoms with Gasteiger partial charge >= 0.3 is 0 Å². The number of carbonyl (C=O) groups excluding carboxylic acids is 1. The van der Waals surface area contributed by atoms with Gasteiger partial charge in [0.05, 0.1) is 6.04 Å². The maximum atomic E-state index is 10.9. The van der Waals surface area contributed by atoms with Gasteiger partial charge in [-0.15, -0.1) is 0 Å². The predicted octanol–water partition coefficient (Wildman–Crippen LogP) is 0.00230. The van der Waals surface area contributed by atoms with Crippen LogP contribution in [-0.4, -0.2) is 18.0 Å². The number of nitrogens with two attached hydrogens (primary N) is 1. The van der Waals surface area contributed by atoms with E-state index in [9.17, 15) is 4.79 Å². The van der Waals surface area contributed by atoms with Gasteiger partial charge in [-0.1, -0.05) is 0 Å². The Morgan fingerprint density at radius 1 is 1.27 bits per heavy atom. The summed E-state index contributed by atoms with van der Waals surface area (Å²) in [6.45, 7) is 0. The lowest BCUT2D eigenvalue weighted by Crippen LogP contribution is -2.57. The van der Waals surface area contributed by atoms with Crippen LogP contribution in [0.25, 0.3) is 0 Å². The van der Waals surface area contributed by atoms with Crippen molar-refractivity contribution in [3.63, 3.8) is 0 Å². The second kappa shape index (κ2) is 2.48. The molecule has 1 atom stereocenters. The summed E-state index contributed by atoms with van der Waals surface area (Å²) in [6, 6.07) is 0.542. The van der Waals surface area contributed by atoms with E-state index in [1.165, 1.54) is 25.7 Å². The van der Waals surface area contributed by atoms with Crippen molar-refractivity contribution >= 4 is 5.91 Å². The highest BCUT2D eigenvalue weighted by molar-refractivity contribution is 5.80. The van der Waals surface area contributed by atoms with E-state index >= 15 is 0 Å². The molecule has 11 heavy (non-hydrogen) atoms. The van der Waals surface area contributed by atoms with E-state index in [-0.39, 0.29) is 11.9 Å². The third kappa shape index (κ3) is 1.13. The number of primary amides is 1. The van der Waals surface area contributed by atoms with E-state index in [4.69, 9.17) is 5.73 Å². The number of piperidine rings is 2. The lowest BCUT2D eigenvalue weighted by atomic mass is 9.76. The van der Waals surface area contributed by atoms with Gasteiger partial charge in [-0.25, -0.2) is 0 Å². The van der Waals surface area contributed by atoms with Crippen LogP contribution < -0.4 is 11.1 Å². The summed E-state index contributed by atoms with van der Waals surface area (Å²) in [5.41, 5.74) is 5.25. The summed E-state index contributed by atoms with van der Waals surface area (Å²) in [7, 11) is 0. The van der Waals surface area contributed by atoms with Crippen LogP contribution in [-0.2, 0) is 4.79 Å².